The molecular formula is C20H17ClFNO2. The van der Waals surface area contributed by atoms with Crippen LogP contribution in [0, 0.1) is 5.82 Å². The zero-order valence-corrected chi connectivity index (χ0v) is 14.4. The van der Waals surface area contributed by atoms with Gasteiger partial charge < -0.3 is 10.1 Å². The fourth-order valence-corrected chi connectivity index (χ4v) is 2.70. The smallest absolute Gasteiger partial charge is 0.265 e. The summed E-state index contributed by atoms with van der Waals surface area (Å²) >= 11 is 5.74. The van der Waals surface area contributed by atoms with Gasteiger partial charge in [-0.05, 0) is 47.5 Å². The Morgan fingerprint density at radius 2 is 1.88 bits per heavy atom. The van der Waals surface area contributed by atoms with Crippen molar-refractivity contribution in [3.63, 3.8) is 0 Å². The summed E-state index contributed by atoms with van der Waals surface area (Å²) < 4.78 is 19.0. The van der Waals surface area contributed by atoms with Crippen molar-refractivity contribution in [3.05, 3.63) is 71.5 Å². The maximum absolute atomic E-state index is 13.2. The lowest BCUT2D eigenvalue weighted by molar-refractivity contribution is -0.122. The van der Waals surface area contributed by atoms with Crippen molar-refractivity contribution in [1.29, 1.82) is 0 Å². The highest BCUT2D eigenvalue weighted by atomic mass is 35.5. The number of carbonyl (C=O) groups excluding carboxylic acids is 1. The van der Waals surface area contributed by atoms with Crippen LogP contribution in [0.5, 0.6) is 5.75 Å². The molecule has 25 heavy (non-hydrogen) atoms. The van der Waals surface area contributed by atoms with Crippen molar-refractivity contribution in [2.24, 2.45) is 0 Å². The van der Waals surface area contributed by atoms with Crippen molar-refractivity contribution in [3.8, 4) is 5.75 Å². The third kappa shape index (κ3) is 4.09. The van der Waals surface area contributed by atoms with Gasteiger partial charge in [0.2, 0.25) is 0 Å². The van der Waals surface area contributed by atoms with E-state index in [2.05, 4.69) is 5.32 Å². The van der Waals surface area contributed by atoms with E-state index in [0.29, 0.717) is 17.9 Å². The molecule has 0 radical (unpaired) electrons. The summed E-state index contributed by atoms with van der Waals surface area (Å²) in [6.45, 7) is 1.86. The molecule has 0 aliphatic rings. The van der Waals surface area contributed by atoms with E-state index in [1.807, 2.05) is 49.4 Å². The molecule has 0 spiro atoms. The summed E-state index contributed by atoms with van der Waals surface area (Å²) in [7, 11) is 0. The first-order valence-electron chi connectivity index (χ1n) is 7.98. The number of ether oxygens (including phenoxy) is 1. The highest BCUT2D eigenvalue weighted by molar-refractivity contribution is 6.31. The van der Waals surface area contributed by atoms with Gasteiger partial charge in [0.05, 0.1) is 5.02 Å². The first-order chi connectivity index (χ1) is 12.1. The van der Waals surface area contributed by atoms with Crippen LogP contribution in [0.25, 0.3) is 10.8 Å². The Labute approximate surface area is 150 Å². The van der Waals surface area contributed by atoms with E-state index in [4.69, 9.17) is 16.3 Å². The predicted octanol–water partition coefficient (Wildman–Crippen LogP) is 5.43. The van der Waals surface area contributed by atoms with Crippen LogP contribution >= 0.6 is 11.6 Å². The Kier molecular flexibility index (Phi) is 5.19. The molecule has 3 nitrogen and oxygen atoms in total. The zero-order chi connectivity index (χ0) is 17.8. The summed E-state index contributed by atoms with van der Waals surface area (Å²) in [6.07, 6.45) is -0.168. The van der Waals surface area contributed by atoms with E-state index in [1.54, 1.807) is 0 Å². The topological polar surface area (TPSA) is 38.3 Å². The van der Waals surface area contributed by atoms with Gasteiger partial charge in [-0.15, -0.1) is 0 Å². The molecule has 5 heteroatoms. The van der Waals surface area contributed by atoms with Gasteiger partial charge in [0, 0.05) is 5.69 Å². The number of carbonyl (C=O) groups is 1. The Hall–Kier alpha value is -2.59. The molecule has 0 fully saturated rings. The number of nitrogens with one attached hydrogen (secondary N) is 1. The lowest BCUT2D eigenvalue weighted by Crippen LogP contribution is -2.32. The van der Waals surface area contributed by atoms with Crippen LogP contribution in [0.4, 0.5) is 10.1 Å². The number of halogens is 2. The molecular weight excluding hydrogens is 341 g/mol. The standard InChI is InChI=1S/C20H17ClFNO2/c1-2-19(20(24)23-15-8-10-18(22)17(21)12-15)25-16-9-7-13-5-3-4-6-14(13)11-16/h3-12,19H,2H2,1H3,(H,23,24)/t19-/m1/s1. The molecule has 1 amide bonds. The normalized spacial score (nSPS) is 12.0. The molecule has 0 saturated carbocycles. The quantitative estimate of drug-likeness (QED) is 0.661. The van der Waals surface area contributed by atoms with Crippen molar-refractivity contribution in [2.75, 3.05) is 5.32 Å². The molecule has 0 aromatic heterocycles. The van der Waals surface area contributed by atoms with Crippen LogP contribution in [0.15, 0.2) is 60.7 Å². The van der Waals surface area contributed by atoms with Crippen molar-refractivity contribution < 1.29 is 13.9 Å². The monoisotopic (exact) mass is 357 g/mol. The third-order valence-corrected chi connectivity index (χ3v) is 4.14. The average molecular weight is 358 g/mol. The van der Waals surface area contributed by atoms with Crippen LogP contribution < -0.4 is 10.1 Å². The SMILES string of the molecule is CC[C@@H](Oc1ccc2ccccc2c1)C(=O)Nc1ccc(F)c(Cl)c1. The highest BCUT2D eigenvalue weighted by Crippen LogP contribution is 2.23. The van der Waals surface area contributed by atoms with E-state index in [0.717, 1.165) is 10.8 Å². The number of amides is 1. The molecule has 0 aliphatic heterocycles. The Bertz CT molecular complexity index is 913. The minimum absolute atomic E-state index is 0.0405. The summed E-state index contributed by atoms with van der Waals surface area (Å²) in [4.78, 5) is 12.4. The number of benzene rings is 3. The number of fused-ring (bicyclic) bond motifs is 1. The second kappa shape index (κ2) is 7.53. The predicted molar refractivity (Wildman–Crippen MR) is 98.7 cm³/mol. The van der Waals surface area contributed by atoms with Crippen LogP contribution in [0.3, 0.4) is 0 Å². The van der Waals surface area contributed by atoms with E-state index < -0.39 is 11.9 Å². The van der Waals surface area contributed by atoms with Gasteiger partial charge in [0.1, 0.15) is 11.6 Å². The van der Waals surface area contributed by atoms with Gasteiger partial charge in [-0.3, -0.25) is 4.79 Å². The van der Waals surface area contributed by atoms with Gasteiger partial charge in [-0.1, -0.05) is 48.9 Å². The highest BCUT2D eigenvalue weighted by Gasteiger charge is 2.19. The number of anilines is 1. The molecule has 1 atom stereocenters. The Morgan fingerprint density at radius 1 is 1.12 bits per heavy atom. The summed E-state index contributed by atoms with van der Waals surface area (Å²) in [5.74, 6) is -0.213. The van der Waals surface area contributed by atoms with Gasteiger partial charge in [-0.2, -0.15) is 0 Å². The van der Waals surface area contributed by atoms with E-state index in [9.17, 15) is 9.18 Å². The zero-order valence-electron chi connectivity index (χ0n) is 13.6. The van der Waals surface area contributed by atoms with Crippen LogP contribution in [0.1, 0.15) is 13.3 Å². The Morgan fingerprint density at radius 3 is 2.60 bits per heavy atom. The van der Waals surface area contributed by atoms with Crippen molar-refractivity contribution >= 4 is 34.0 Å². The lowest BCUT2D eigenvalue weighted by atomic mass is 10.1. The van der Waals surface area contributed by atoms with E-state index in [-0.39, 0.29) is 10.9 Å². The molecule has 0 bridgehead atoms. The number of hydrogen-bond donors (Lipinski definition) is 1. The molecule has 1 N–H and O–H groups in total. The first kappa shape index (κ1) is 17.2. The molecule has 3 aromatic carbocycles. The van der Waals surface area contributed by atoms with Crippen LogP contribution in [0.2, 0.25) is 5.02 Å². The second-order valence-corrected chi connectivity index (χ2v) is 6.05. The molecule has 3 aromatic rings. The number of rotatable bonds is 5. The maximum atomic E-state index is 13.2. The summed E-state index contributed by atoms with van der Waals surface area (Å²) in [5, 5.41) is 4.81. The third-order valence-electron chi connectivity index (χ3n) is 3.85. The van der Waals surface area contributed by atoms with Crippen molar-refractivity contribution in [2.45, 2.75) is 19.4 Å². The molecule has 0 saturated heterocycles. The van der Waals surface area contributed by atoms with Gasteiger partial charge >= 0.3 is 0 Å². The summed E-state index contributed by atoms with van der Waals surface area (Å²) in [5.41, 5.74) is 0.428. The van der Waals surface area contributed by atoms with Crippen LogP contribution in [-0.2, 0) is 4.79 Å². The van der Waals surface area contributed by atoms with Gasteiger partial charge in [-0.25, -0.2) is 4.39 Å². The summed E-state index contributed by atoms with van der Waals surface area (Å²) in [6, 6.07) is 17.7. The minimum atomic E-state index is -0.662. The fourth-order valence-electron chi connectivity index (χ4n) is 2.52. The average Bonchev–Trinajstić information content (AvgIpc) is 2.62. The first-order valence-corrected chi connectivity index (χ1v) is 8.36. The Balaban J connectivity index is 1.73. The number of hydrogen-bond acceptors (Lipinski definition) is 2. The minimum Gasteiger partial charge on any atom is -0.481 e. The maximum Gasteiger partial charge on any atom is 0.265 e. The van der Waals surface area contributed by atoms with Crippen LogP contribution in [-0.4, -0.2) is 12.0 Å². The van der Waals surface area contributed by atoms with E-state index in [1.165, 1.54) is 18.2 Å². The van der Waals surface area contributed by atoms with Gasteiger partial charge in [0.15, 0.2) is 6.10 Å². The molecule has 0 aliphatic carbocycles. The second-order valence-electron chi connectivity index (χ2n) is 5.64. The van der Waals surface area contributed by atoms with E-state index >= 15 is 0 Å². The van der Waals surface area contributed by atoms with Gasteiger partial charge in [0.25, 0.3) is 5.91 Å². The van der Waals surface area contributed by atoms with Crippen molar-refractivity contribution in [1.82, 2.24) is 0 Å². The fraction of sp³-hybridized carbons (Fsp3) is 0.150. The molecule has 3 rings (SSSR count). The molecule has 0 unspecified atom stereocenters. The molecule has 0 heterocycles. The lowest BCUT2D eigenvalue weighted by Gasteiger charge is -2.18. The molecule has 128 valence electrons. The largest absolute Gasteiger partial charge is 0.481 e.